The maximum absolute atomic E-state index is 11.6. The van der Waals surface area contributed by atoms with E-state index in [-0.39, 0.29) is 5.91 Å². The van der Waals surface area contributed by atoms with Gasteiger partial charge >= 0.3 is 6.01 Å². The van der Waals surface area contributed by atoms with Crippen molar-refractivity contribution < 1.29 is 9.21 Å². The average molecular weight is 268 g/mol. The molecule has 0 bridgehead atoms. The van der Waals surface area contributed by atoms with Crippen LogP contribution in [0.15, 0.2) is 47.0 Å². The minimum atomic E-state index is -0.145. The number of hydrogen-bond acceptors (Lipinski definition) is 5. The number of anilines is 2. The van der Waals surface area contributed by atoms with Crippen molar-refractivity contribution in [1.29, 1.82) is 0 Å². The highest BCUT2D eigenvalue weighted by atomic mass is 16.4. The van der Waals surface area contributed by atoms with Crippen LogP contribution in [0.5, 0.6) is 0 Å². The van der Waals surface area contributed by atoms with Gasteiger partial charge in [-0.25, -0.2) is 4.98 Å². The molecule has 2 N–H and O–H groups in total. The summed E-state index contributed by atoms with van der Waals surface area (Å²) in [6.07, 6.45) is 1.65. The number of hydrogen-bond donors (Lipinski definition) is 2. The van der Waals surface area contributed by atoms with Gasteiger partial charge in [0, 0.05) is 24.5 Å². The zero-order valence-corrected chi connectivity index (χ0v) is 10.8. The Kier molecular flexibility index (Phi) is 3.04. The van der Waals surface area contributed by atoms with Crippen LogP contribution < -0.4 is 10.6 Å². The minimum Gasteiger partial charge on any atom is -0.422 e. The maximum atomic E-state index is 11.6. The van der Waals surface area contributed by atoms with Gasteiger partial charge in [0.05, 0.1) is 0 Å². The fraction of sp³-hybridized carbons (Fsp3) is 0.0714. The van der Waals surface area contributed by atoms with E-state index in [9.17, 15) is 4.79 Å². The summed E-state index contributed by atoms with van der Waals surface area (Å²) in [6, 6.07) is 11.0. The highest BCUT2D eigenvalue weighted by molar-refractivity contribution is 5.95. The van der Waals surface area contributed by atoms with Crippen molar-refractivity contribution in [3.63, 3.8) is 0 Å². The quantitative estimate of drug-likeness (QED) is 0.762. The van der Waals surface area contributed by atoms with Crippen molar-refractivity contribution in [1.82, 2.24) is 15.3 Å². The molecule has 6 heteroatoms. The molecule has 20 heavy (non-hydrogen) atoms. The summed E-state index contributed by atoms with van der Waals surface area (Å²) in [5, 5.41) is 5.59. The molecule has 100 valence electrons. The third-order valence-corrected chi connectivity index (χ3v) is 2.77. The summed E-state index contributed by atoms with van der Waals surface area (Å²) in [5.41, 5.74) is 2.43. The molecular formula is C14H12N4O2. The van der Waals surface area contributed by atoms with Gasteiger partial charge in [-0.2, -0.15) is 4.98 Å². The molecule has 0 saturated heterocycles. The fourth-order valence-electron chi connectivity index (χ4n) is 1.83. The Morgan fingerprint density at radius 1 is 1.25 bits per heavy atom. The first kappa shape index (κ1) is 12.2. The molecule has 0 aliphatic rings. The first-order valence-electron chi connectivity index (χ1n) is 6.07. The van der Waals surface area contributed by atoms with Crippen LogP contribution in [0, 0.1) is 0 Å². The molecule has 0 saturated carbocycles. The number of nitrogens with one attached hydrogen (secondary N) is 2. The number of oxazole rings is 1. The standard InChI is InChI=1S/C14H12N4O2/c1-15-13(19)9-4-2-5-10(8-9)17-14-18-12-11(20-14)6-3-7-16-12/h2-8H,1H3,(H,15,19)(H,16,17,18). The van der Waals surface area contributed by atoms with Crippen LogP contribution in [0.25, 0.3) is 11.2 Å². The van der Waals surface area contributed by atoms with Crippen molar-refractivity contribution in [2.75, 3.05) is 12.4 Å². The van der Waals surface area contributed by atoms with Crippen molar-refractivity contribution in [2.24, 2.45) is 0 Å². The van der Waals surface area contributed by atoms with Gasteiger partial charge in [0.2, 0.25) is 5.65 Å². The second-order valence-corrected chi connectivity index (χ2v) is 4.13. The molecule has 3 rings (SSSR count). The molecule has 1 aromatic carbocycles. The SMILES string of the molecule is CNC(=O)c1cccc(Nc2nc3ncccc3o2)c1. The van der Waals surface area contributed by atoms with Crippen LogP contribution in [0.3, 0.4) is 0 Å². The van der Waals surface area contributed by atoms with Crippen LogP contribution in [0.1, 0.15) is 10.4 Å². The van der Waals surface area contributed by atoms with E-state index in [1.165, 1.54) is 0 Å². The number of nitrogens with zero attached hydrogens (tertiary/aromatic N) is 2. The van der Waals surface area contributed by atoms with Gasteiger partial charge in [-0.05, 0) is 30.3 Å². The van der Waals surface area contributed by atoms with Crippen molar-refractivity contribution in [3.05, 3.63) is 48.2 Å². The largest absolute Gasteiger partial charge is 0.422 e. The number of rotatable bonds is 3. The van der Waals surface area contributed by atoms with Crippen molar-refractivity contribution in [2.45, 2.75) is 0 Å². The van der Waals surface area contributed by atoms with Gasteiger partial charge in [0.15, 0.2) is 5.58 Å². The summed E-state index contributed by atoms with van der Waals surface area (Å²) in [6.45, 7) is 0. The molecule has 0 fully saturated rings. The third-order valence-electron chi connectivity index (χ3n) is 2.77. The highest BCUT2D eigenvalue weighted by Crippen LogP contribution is 2.21. The highest BCUT2D eigenvalue weighted by Gasteiger charge is 2.08. The van der Waals surface area contributed by atoms with E-state index in [1.54, 1.807) is 43.6 Å². The van der Waals surface area contributed by atoms with E-state index in [0.29, 0.717) is 22.8 Å². The smallest absolute Gasteiger partial charge is 0.301 e. The van der Waals surface area contributed by atoms with Gasteiger partial charge in [-0.1, -0.05) is 6.07 Å². The first-order valence-corrected chi connectivity index (χ1v) is 6.07. The predicted molar refractivity (Wildman–Crippen MR) is 74.9 cm³/mol. The number of fused-ring (bicyclic) bond motifs is 1. The Balaban J connectivity index is 1.88. The second-order valence-electron chi connectivity index (χ2n) is 4.13. The molecule has 0 radical (unpaired) electrons. The van der Waals surface area contributed by atoms with Crippen LogP contribution in [-0.4, -0.2) is 22.9 Å². The number of aromatic nitrogens is 2. The number of amides is 1. The molecule has 2 aromatic heterocycles. The van der Waals surface area contributed by atoms with Crippen LogP contribution in [0.2, 0.25) is 0 Å². The summed E-state index contributed by atoms with van der Waals surface area (Å²) < 4.78 is 5.51. The maximum Gasteiger partial charge on any atom is 0.301 e. The van der Waals surface area contributed by atoms with Gasteiger partial charge in [-0.15, -0.1) is 0 Å². The van der Waals surface area contributed by atoms with E-state index >= 15 is 0 Å². The molecule has 0 unspecified atom stereocenters. The molecule has 0 aliphatic heterocycles. The van der Waals surface area contributed by atoms with E-state index in [4.69, 9.17) is 4.42 Å². The Bertz CT molecular complexity index is 733. The van der Waals surface area contributed by atoms with E-state index in [0.717, 1.165) is 5.69 Å². The monoisotopic (exact) mass is 268 g/mol. The van der Waals surface area contributed by atoms with Crippen LogP contribution in [-0.2, 0) is 0 Å². The Morgan fingerprint density at radius 3 is 2.95 bits per heavy atom. The molecule has 0 atom stereocenters. The Hall–Kier alpha value is -2.89. The lowest BCUT2D eigenvalue weighted by Gasteiger charge is -2.04. The summed E-state index contributed by atoms with van der Waals surface area (Å²) in [4.78, 5) is 19.9. The molecule has 1 amide bonds. The summed E-state index contributed by atoms with van der Waals surface area (Å²) in [5.74, 6) is -0.145. The van der Waals surface area contributed by atoms with Crippen molar-refractivity contribution >= 4 is 28.8 Å². The first-order chi connectivity index (χ1) is 9.76. The number of carbonyl (C=O) groups excluding carboxylic acids is 1. The van der Waals surface area contributed by atoms with E-state index in [2.05, 4.69) is 20.6 Å². The lowest BCUT2D eigenvalue weighted by molar-refractivity contribution is 0.0963. The summed E-state index contributed by atoms with van der Waals surface area (Å²) in [7, 11) is 1.59. The van der Waals surface area contributed by atoms with Crippen LogP contribution in [0.4, 0.5) is 11.7 Å². The zero-order chi connectivity index (χ0) is 13.9. The Labute approximate surface area is 114 Å². The molecule has 2 heterocycles. The van der Waals surface area contributed by atoms with Gasteiger partial charge in [0.25, 0.3) is 5.91 Å². The van der Waals surface area contributed by atoms with Gasteiger partial charge < -0.3 is 15.1 Å². The van der Waals surface area contributed by atoms with Crippen molar-refractivity contribution in [3.8, 4) is 0 Å². The molecule has 6 nitrogen and oxygen atoms in total. The number of benzene rings is 1. The predicted octanol–water partition coefficient (Wildman–Crippen LogP) is 2.33. The zero-order valence-electron chi connectivity index (χ0n) is 10.8. The lowest BCUT2D eigenvalue weighted by atomic mass is 10.2. The third kappa shape index (κ3) is 2.31. The lowest BCUT2D eigenvalue weighted by Crippen LogP contribution is -2.17. The fourth-order valence-corrected chi connectivity index (χ4v) is 1.83. The van der Waals surface area contributed by atoms with Crippen LogP contribution >= 0.6 is 0 Å². The topological polar surface area (TPSA) is 80.0 Å². The normalized spacial score (nSPS) is 10.4. The van der Waals surface area contributed by atoms with E-state index < -0.39 is 0 Å². The number of pyridine rings is 1. The second kappa shape index (κ2) is 5.00. The van der Waals surface area contributed by atoms with E-state index in [1.807, 2.05) is 6.07 Å². The molecule has 0 spiro atoms. The molecular weight excluding hydrogens is 256 g/mol. The number of carbonyl (C=O) groups is 1. The Morgan fingerprint density at radius 2 is 2.15 bits per heavy atom. The molecule has 0 aliphatic carbocycles. The minimum absolute atomic E-state index is 0.145. The molecule has 3 aromatic rings. The summed E-state index contributed by atoms with van der Waals surface area (Å²) >= 11 is 0. The van der Waals surface area contributed by atoms with Gasteiger partial charge in [0.1, 0.15) is 0 Å². The van der Waals surface area contributed by atoms with Gasteiger partial charge in [-0.3, -0.25) is 4.79 Å². The average Bonchev–Trinajstić information content (AvgIpc) is 2.88.